The van der Waals surface area contributed by atoms with Crippen molar-refractivity contribution in [2.75, 3.05) is 7.05 Å². The molecule has 0 fully saturated rings. The van der Waals surface area contributed by atoms with E-state index in [9.17, 15) is 18.4 Å². The molecule has 1 amide bonds. The molecule has 30 heavy (non-hydrogen) atoms. The summed E-state index contributed by atoms with van der Waals surface area (Å²) in [5.41, 5.74) is 1.15. The van der Waals surface area contributed by atoms with Crippen LogP contribution in [0.15, 0.2) is 50.8 Å². The Morgan fingerprint density at radius 1 is 1.30 bits per heavy atom. The number of nitrogens with zero attached hydrogens (tertiary/aromatic N) is 2. The zero-order chi connectivity index (χ0) is 22.4. The first-order valence-corrected chi connectivity index (χ1v) is 9.83. The monoisotopic (exact) mass is 481 g/mol. The molecule has 0 radical (unpaired) electrons. The van der Waals surface area contributed by atoms with E-state index in [1.54, 1.807) is 33.0 Å². The predicted octanol–water partition coefficient (Wildman–Crippen LogP) is 3.81. The molecule has 0 spiro atoms. The molecule has 0 saturated carbocycles. The Morgan fingerprint density at radius 2 is 2.00 bits per heavy atom. The number of hydrogen-bond donors (Lipinski definition) is 1. The van der Waals surface area contributed by atoms with Crippen molar-refractivity contribution in [1.82, 2.24) is 14.9 Å². The van der Waals surface area contributed by atoms with Crippen molar-refractivity contribution < 1.29 is 18.3 Å². The molecule has 0 saturated heterocycles. The van der Waals surface area contributed by atoms with Crippen molar-refractivity contribution in [3.63, 3.8) is 0 Å². The fourth-order valence-electron chi connectivity index (χ4n) is 2.52. The van der Waals surface area contributed by atoms with Crippen molar-refractivity contribution in [2.24, 2.45) is 0 Å². The highest BCUT2D eigenvalue weighted by atomic mass is 79.9. The second-order valence-corrected chi connectivity index (χ2v) is 7.43. The standard InChI is InChI=1S/C21H22BrF2N3O3/c1-12(5-6-13(2)19(28)25-4)10-27-14(3)26-20(18(22)21(27)29)30-11-15-7-8-16(23)9-17(15)24/h5-9H,10-11H2,1-4H3,(H,25,28)/b12-5+,13-6+. The number of likely N-dealkylation sites (N-methyl/N-ethyl adjacent to an activating group) is 1. The number of carbonyl (C=O) groups is 1. The number of aryl methyl sites for hydroxylation is 1. The Morgan fingerprint density at radius 3 is 2.63 bits per heavy atom. The first-order valence-electron chi connectivity index (χ1n) is 9.03. The van der Waals surface area contributed by atoms with E-state index < -0.39 is 11.6 Å². The number of carbonyl (C=O) groups excluding carboxylic acids is 1. The van der Waals surface area contributed by atoms with Gasteiger partial charge in [0.1, 0.15) is 28.5 Å². The first kappa shape index (κ1) is 23.5. The van der Waals surface area contributed by atoms with Crippen LogP contribution < -0.4 is 15.6 Å². The SMILES string of the molecule is CNC(=O)/C(C)=C/C=C(\C)Cn1c(C)nc(OCc2ccc(F)cc2F)c(Br)c1=O. The zero-order valence-corrected chi connectivity index (χ0v) is 18.6. The third-order valence-electron chi connectivity index (χ3n) is 4.26. The second kappa shape index (κ2) is 10.3. The van der Waals surface area contributed by atoms with E-state index in [0.29, 0.717) is 11.4 Å². The molecule has 0 unspecified atom stereocenters. The molecule has 0 aliphatic rings. The average Bonchev–Trinajstić information content (AvgIpc) is 2.71. The predicted molar refractivity (Wildman–Crippen MR) is 113 cm³/mol. The van der Waals surface area contributed by atoms with Gasteiger partial charge in [-0.1, -0.05) is 17.7 Å². The molecule has 0 atom stereocenters. The van der Waals surface area contributed by atoms with Crippen LogP contribution in [0.3, 0.4) is 0 Å². The van der Waals surface area contributed by atoms with E-state index in [0.717, 1.165) is 17.7 Å². The van der Waals surface area contributed by atoms with Gasteiger partial charge in [-0.3, -0.25) is 14.2 Å². The van der Waals surface area contributed by atoms with Gasteiger partial charge in [0.25, 0.3) is 5.56 Å². The Labute approximate surface area is 181 Å². The zero-order valence-electron chi connectivity index (χ0n) is 17.1. The molecule has 1 heterocycles. The van der Waals surface area contributed by atoms with Crippen molar-refractivity contribution in [2.45, 2.75) is 33.9 Å². The normalized spacial score (nSPS) is 12.1. The molecular weight excluding hydrogens is 460 g/mol. The van der Waals surface area contributed by atoms with Crippen LogP contribution in [-0.4, -0.2) is 22.5 Å². The van der Waals surface area contributed by atoms with Gasteiger partial charge in [-0.2, -0.15) is 4.98 Å². The number of hydrogen-bond acceptors (Lipinski definition) is 4. The third-order valence-corrected chi connectivity index (χ3v) is 4.94. The van der Waals surface area contributed by atoms with E-state index in [-0.39, 0.29) is 40.5 Å². The van der Waals surface area contributed by atoms with Crippen molar-refractivity contribution in [3.8, 4) is 5.88 Å². The van der Waals surface area contributed by atoms with Crippen LogP contribution in [0, 0.1) is 18.6 Å². The molecule has 9 heteroatoms. The van der Waals surface area contributed by atoms with Gasteiger partial charge in [-0.25, -0.2) is 8.78 Å². The van der Waals surface area contributed by atoms with Gasteiger partial charge in [-0.15, -0.1) is 0 Å². The topological polar surface area (TPSA) is 73.2 Å². The minimum absolute atomic E-state index is 0.0227. The molecule has 2 rings (SSSR count). The summed E-state index contributed by atoms with van der Waals surface area (Å²) in [6.45, 7) is 5.23. The lowest BCUT2D eigenvalue weighted by molar-refractivity contribution is -0.116. The van der Waals surface area contributed by atoms with Crippen molar-refractivity contribution in [3.05, 3.63) is 79.3 Å². The highest BCUT2D eigenvalue weighted by molar-refractivity contribution is 9.10. The quantitative estimate of drug-likeness (QED) is 0.482. The van der Waals surface area contributed by atoms with E-state index in [4.69, 9.17) is 4.74 Å². The average molecular weight is 482 g/mol. The van der Waals surface area contributed by atoms with E-state index in [1.807, 2.05) is 6.92 Å². The summed E-state index contributed by atoms with van der Waals surface area (Å²) in [5, 5.41) is 2.54. The second-order valence-electron chi connectivity index (χ2n) is 6.64. The Kier molecular flexibility index (Phi) is 8.05. The lowest BCUT2D eigenvalue weighted by Crippen LogP contribution is -2.25. The summed E-state index contributed by atoms with van der Waals surface area (Å²) in [6, 6.07) is 3.16. The van der Waals surface area contributed by atoms with Gasteiger partial charge in [0.05, 0.1) is 0 Å². The van der Waals surface area contributed by atoms with Crippen LogP contribution in [-0.2, 0) is 17.9 Å². The number of nitrogens with one attached hydrogen (secondary N) is 1. The molecule has 1 aromatic carbocycles. The van der Waals surface area contributed by atoms with Gasteiger partial charge < -0.3 is 10.1 Å². The maximum Gasteiger partial charge on any atom is 0.272 e. The highest BCUT2D eigenvalue weighted by Gasteiger charge is 2.15. The molecule has 0 aliphatic heterocycles. The van der Waals surface area contributed by atoms with Crippen LogP contribution >= 0.6 is 15.9 Å². The van der Waals surface area contributed by atoms with E-state index in [1.165, 1.54) is 10.6 Å². The number of benzene rings is 1. The largest absolute Gasteiger partial charge is 0.472 e. The summed E-state index contributed by atoms with van der Waals surface area (Å²) in [4.78, 5) is 28.5. The number of amides is 1. The smallest absolute Gasteiger partial charge is 0.272 e. The van der Waals surface area contributed by atoms with Crippen LogP contribution in [0.4, 0.5) is 8.78 Å². The third kappa shape index (κ3) is 5.85. The summed E-state index contributed by atoms with van der Waals surface area (Å²) in [6.07, 6.45) is 3.43. The number of aromatic nitrogens is 2. The Bertz CT molecular complexity index is 1080. The van der Waals surface area contributed by atoms with Gasteiger partial charge >= 0.3 is 0 Å². The summed E-state index contributed by atoms with van der Waals surface area (Å²) in [5.74, 6) is -1.18. The summed E-state index contributed by atoms with van der Waals surface area (Å²) >= 11 is 3.19. The Hall–Kier alpha value is -2.81. The molecule has 6 nitrogen and oxygen atoms in total. The number of halogens is 3. The van der Waals surface area contributed by atoms with Crippen molar-refractivity contribution >= 4 is 21.8 Å². The van der Waals surface area contributed by atoms with Gasteiger partial charge in [0.2, 0.25) is 11.8 Å². The molecule has 160 valence electrons. The first-order chi connectivity index (χ1) is 14.1. The van der Waals surface area contributed by atoms with Crippen LogP contribution in [0.5, 0.6) is 5.88 Å². The fourth-order valence-corrected chi connectivity index (χ4v) is 2.94. The maximum absolute atomic E-state index is 13.8. The molecule has 2 aromatic rings. The van der Waals surface area contributed by atoms with Crippen LogP contribution in [0.1, 0.15) is 25.2 Å². The van der Waals surface area contributed by atoms with E-state index in [2.05, 4.69) is 26.2 Å². The fraction of sp³-hybridized carbons (Fsp3) is 0.286. The maximum atomic E-state index is 13.8. The van der Waals surface area contributed by atoms with E-state index >= 15 is 0 Å². The number of allylic oxidation sites excluding steroid dienone is 3. The molecular formula is C21H22BrF2N3O3. The van der Waals surface area contributed by atoms with Crippen LogP contribution in [0.2, 0.25) is 0 Å². The Balaban J connectivity index is 2.21. The number of ether oxygens (including phenoxy) is 1. The van der Waals surface area contributed by atoms with Crippen molar-refractivity contribution in [1.29, 1.82) is 0 Å². The van der Waals surface area contributed by atoms with Crippen LogP contribution in [0.25, 0.3) is 0 Å². The minimum atomic E-state index is -0.739. The summed E-state index contributed by atoms with van der Waals surface area (Å²) < 4.78 is 33.8. The summed E-state index contributed by atoms with van der Waals surface area (Å²) in [7, 11) is 1.55. The van der Waals surface area contributed by atoms with Gasteiger partial charge in [0.15, 0.2) is 0 Å². The lowest BCUT2D eigenvalue weighted by atomic mass is 10.2. The molecule has 0 aliphatic carbocycles. The van der Waals surface area contributed by atoms with Gasteiger partial charge in [-0.05, 0) is 48.8 Å². The van der Waals surface area contributed by atoms with Gasteiger partial charge in [0, 0.05) is 30.8 Å². The molecule has 1 N–H and O–H groups in total. The minimum Gasteiger partial charge on any atom is -0.472 e. The lowest BCUT2D eigenvalue weighted by Gasteiger charge is -2.14. The molecule has 0 bridgehead atoms. The molecule has 1 aromatic heterocycles. The highest BCUT2D eigenvalue weighted by Crippen LogP contribution is 2.21. The number of rotatable bonds is 7.